The van der Waals surface area contributed by atoms with Gasteiger partial charge in [-0.05, 0) is 30.2 Å². The number of nitrogens with one attached hydrogen (secondary N) is 1. The number of rotatable bonds is 3. The van der Waals surface area contributed by atoms with E-state index in [0.717, 1.165) is 11.1 Å². The first-order chi connectivity index (χ1) is 10.5. The molecule has 0 aliphatic carbocycles. The maximum Gasteiger partial charge on any atom is 0.314 e. The van der Waals surface area contributed by atoms with Crippen LogP contribution in [0.1, 0.15) is 11.1 Å². The molecule has 0 fully saturated rings. The Kier molecular flexibility index (Phi) is 4.78. The van der Waals surface area contributed by atoms with Crippen LogP contribution in [0.5, 0.6) is 5.75 Å². The van der Waals surface area contributed by atoms with E-state index in [-0.39, 0.29) is 11.4 Å². The lowest BCUT2D eigenvalue weighted by Crippen LogP contribution is -2.36. The van der Waals surface area contributed by atoms with E-state index in [0.29, 0.717) is 6.54 Å². The number of amides is 2. The van der Waals surface area contributed by atoms with E-state index in [1.807, 2.05) is 37.3 Å². The molecule has 0 spiro atoms. The lowest BCUT2D eigenvalue weighted by atomic mass is 10.2. The van der Waals surface area contributed by atoms with Crippen LogP contribution < -0.4 is 5.32 Å². The molecular formula is C17H18N2O3. The molecule has 0 saturated heterocycles. The van der Waals surface area contributed by atoms with Gasteiger partial charge < -0.3 is 15.3 Å². The molecule has 0 atom stereocenters. The van der Waals surface area contributed by atoms with Gasteiger partial charge in [-0.15, -0.1) is 0 Å². The molecule has 2 aromatic carbocycles. The lowest BCUT2D eigenvalue weighted by molar-refractivity contribution is -0.142. The molecule has 0 unspecified atom stereocenters. The first-order valence-electron chi connectivity index (χ1n) is 6.87. The molecule has 22 heavy (non-hydrogen) atoms. The van der Waals surface area contributed by atoms with E-state index < -0.39 is 11.8 Å². The maximum absolute atomic E-state index is 12.1. The van der Waals surface area contributed by atoms with Gasteiger partial charge in [-0.25, -0.2) is 0 Å². The van der Waals surface area contributed by atoms with Crippen LogP contribution in [0.15, 0.2) is 48.5 Å². The van der Waals surface area contributed by atoms with Crippen molar-refractivity contribution in [2.75, 3.05) is 12.4 Å². The fourth-order valence-electron chi connectivity index (χ4n) is 2.03. The number of anilines is 1. The minimum Gasteiger partial charge on any atom is -0.506 e. The Labute approximate surface area is 129 Å². The molecule has 0 aliphatic rings. The number of hydrogen-bond donors (Lipinski definition) is 2. The summed E-state index contributed by atoms with van der Waals surface area (Å²) in [6.45, 7) is 2.16. The Morgan fingerprint density at radius 3 is 2.45 bits per heavy atom. The number of aryl methyl sites for hydroxylation is 1. The van der Waals surface area contributed by atoms with Crippen LogP contribution in [0.3, 0.4) is 0 Å². The second-order valence-electron chi connectivity index (χ2n) is 5.12. The van der Waals surface area contributed by atoms with Crippen molar-refractivity contribution >= 4 is 17.5 Å². The van der Waals surface area contributed by atoms with Crippen molar-refractivity contribution in [3.8, 4) is 5.75 Å². The van der Waals surface area contributed by atoms with Gasteiger partial charge in [0.05, 0.1) is 5.69 Å². The summed E-state index contributed by atoms with van der Waals surface area (Å²) in [6, 6.07) is 14.2. The molecule has 114 valence electrons. The summed E-state index contributed by atoms with van der Waals surface area (Å²) >= 11 is 0. The number of phenols is 1. The van der Waals surface area contributed by atoms with Crippen molar-refractivity contribution in [3.05, 3.63) is 59.7 Å². The third-order valence-electron chi connectivity index (χ3n) is 3.20. The molecule has 0 heterocycles. The van der Waals surface area contributed by atoms with Crippen LogP contribution in [0.2, 0.25) is 0 Å². The SMILES string of the molecule is Cc1ccc(NC(=O)C(=O)N(C)Cc2ccccc2)c(O)c1. The summed E-state index contributed by atoms with van der Waals surface area (Å²) in [6.07, 6.45) is 0. The second kappa shape index (κ2) is 6.76. The van der Waals surface area contributed by atoms with Crippen LogP contribution in [0.25, 0.3) is 0 Å². The highest BCUT2D eigenvalue weighted by atomic mass is 16.3. The van der Waals surface area contributed by atoms with Gasteiger partial charge in [-0.1, -0.05) is 36.4 Å². The molecule has 2 aromatic rings. The number of carbonyl (C=O) groups is 2. The number of nitrogens with zero attached hydrogens (tertiary/aromatic N) is 1. The van der Waals surface area contributed by atoms with E-state index in [9.17, 15) is 14.7 Å². The highest BCUT2D eigenvalue weighted by molar-refractivity contribution is 6.39. The average Bonchev–Trinajstić information content (AvgIpc) is 2.50. The van der Waals surface area contributed by atoms with Crippen LogP contribution in [0.4, 0.5) is 5.69 Å². The minimum absolute atomic E-state index is 0.0631. The summed E-state index contributed by atoms with van der Waals surface area (Å²) in [5.41, 5.74) is 2.02. The van der Waals surface area contributed by atoms with Crippen molar-refractivity contribution in [3.63, 3.8) is 0 Å². The quantitative estimate of drug-likeness (QED) is 0.675. The van der Waals surface area contributed by atoms with E-state index >= 15 is 0 Å². The number of aromatic hydroxyl groups is 1. The largest absolute Gasteiger partial charge is 0.506 e. The Hall–Kier alpha value is -2.82. The van der Waals surface area contributed by atoms with Gasteiger partial charge in [-0.2, -0.15) is 0 Å². The standard InChI is InChI=1S/C17H18N2O3/c1-12-8-9-14(15(20)10-12)18-16(21)17(22)19(2)11-13-6-4-3-5-7-13/h3-10,20H,11H2,1-2H3,(H,18,21). The van der Waals surface area contributed by atoms with Gasteiger partial charge in [0.15, 0.2) is 0 Å². The third-order valence-corrected chi connectivity index (χ3v) is 3.20. The smallest absolute Gasteiger partial charge is 0.314 e. The fraction of sp³-hybridized carbons (Fsp3) is 0.176. The fourth-order valence-corrected chi connectivity index (χ4v) is 2.03. The predicted octanol–water partition coefficient (Wildman–Crippen LogP) is 2.30. The second-order valence-corrected chi connectivity index (χ2v) is 5.12. The highest BCUT2D eigenvalue weighted by Gasteiger charge is 2.19. The first kappa shape index (κ1) is 15.6. The Morgan fingerprint density at radius 1 is 1.14 bits per heavy atom. The summed E-state index contributed by atoms with van der Waals surface area (Å²) in [7, 11) is 1.56. The van der Waals surface area contributed by atoms with Crippen molar-refractivity contribution in [2.45, 2.75) is 13.5 Å². The lowest BCUT2D eigenvalue weighted by Gasteiger charge is -2.17. The monoisotopic (exact) mass is 298 g/mol. The zero-order valence-corrected chi connectivity index (χ0v) is 12.5. The molecule has 5 nitrogen and oxygen atoms in total. The summed E-state index contributed by atoms with van der Waals surface area (Å²) in [4.78, 5) is 25.4. The zero-order valence-electron chi connectivity index (χ0n) is 12.5. The summed E-state index contributed by atoms with van der Waals surface area (Å²) < 4.78 is 0. The summed E-state index contributed by atoms with van der Waals surface area (Å²) in [5, 5.41) is 12.2. The van der Waals surface area contributed by atoms with Gasteiger partial charge in [-0.3, -0.25) is 9.59 Å². The predicted molar refractivity (Wildman–Crippen MR) is 84.4 cm³/mol. The molecule has 5 heteroatoms. The van der Waals surface area contributed by atoms with Crippen molar-refractivity contribution < 1.29 is 14.7 Å². The zero-order chi connectivity index (χ0) is 16.1. The van der Waals surface area contributed by atoms with Gasteiger partial charge in [0, 0.05) is 13.6 Å². The van der Waals surface area contributed by atoms with Gasteiger partial charge in [0.25, 0.3) is 0 Å². The van der Waals surface area contributed by atoms with E-state index in [1.165, 1.54) is 11.0 Å². The molecule has 2 amide bonds. The number of benzene rings is 2. The highest BCUT2D eigenvalue weighted by Crippen LogP contribution is 2.23. The van der Waals surface area contributed by atoms with Crippen molar-refractivity contribution in [1.82, 2.24) is 4.90 Å². The van der Waals surface area contributed by atoms with Crippen molar-refractivity contribution in [2.24, 2.45) is 0 Å². The van der Waals surface area contributed by atoms with E-state index in [2.05, 4.69) is 5.32 Å². The van der Waals surface area contributed by atoms with Crippen LogP contribution >= 0.6 is 0 Å². The van der Waals surface area contributed by atoms with E-state index in [1.54, 1.807) is 19.2 Å². The van der Waals surface area contributed by atoms with Gasteiger partial charge >= 0.3 is 11.8 Å². The first-order valence-corrected chi connectivity index (χ1v) is 6.87. The molecule has 0 bridgehead atoms. The van der Waals surface area contributed by atoms with Crippen LogP contribution in [0, 0.1) is 6.92 Å². The molecule has 0 aliphatic heterocycles. The molecular weight excluding hydrogens is 280 g/mol. The minimum atomic E-state index is -0.780. The number of likely N-dealkylation sites (N-methyl/N-ethyl adjacent to an activating group) is 1. The Balaban J connectivity index is 2.01. The molecule has 2 rings (SSSR count). The average molecular weight is 298 g/mol. The van der Waals surface area contributed by atoms with E-state index in [4.69, 9.17) is 0 Å². The number of hydrogen-bond acceptors (Lipinski definition) is 3. The van der Waals surface area contributed by atoms with Gasteiger partial charge in [0.1, 0.15) is 5.75 Å². The molecule has 0 aromatic heterocycles. The summed E-state index contributed by atoms with van der Waals surface area (Å²) in [5.74, 6) is -1.51. The third kappa shape index (κ3) is 3.85. The molecule has 2 N–H and O–H groups in total. The van der Waals surface area contributed by atoms with Gasteiger partial charge in [0.2, 0.25) is 0 Å². The molecule has 0 saturated carbocycles. The number of carbonyl (C=O) groups excluding carboxylic acids is 2. The molecule has 0 radical (unpaired) electrons. The van der Waals surface area contributed by atoms with Crippen LogP contribution in [-0.2, 0) is 16.1 Å². The van der Waals surface area contributed by atoms with Crippen molar-refractivity contribution in [1.29, 1.82) is 0 Å². The Bertz CT molecular complexity index is 684. The normalized spacial score (nSPS) is 10.1. The topological polar surface area (TPSA) is 69.6 Å². The maximum atomic E-state index is 12.1. The number of phenolic OH excluding ortho intramolecular Hbond substituents is 1. The Morgan fingerprint density at radius 2 is 1.82 bits per heavy atom. The van der Waals surface area contributed by atoms with Crippen LogP contribution in [-0.4, -0.2) is 28.9 Å².